The summed E-state index contributed by atoms with van der Waals surface area (Å²) in [5.74, 6) is 1.77. The van der Waals surface area contributed by atoms with Crippen LogP contribution in [-0.2, 0) is 6.54 Å². The Morgan fingerprint density at radius 2 is 2.15 bits per heavy atom. The molecule has 1 aromatic rings. The molecule has 2 rings (SSSR count). The highest BCUT2D eigenvalue weighted by molar-refractivity contribution is 5.85. The van der Waals surface area contributed by atoms with Gasteiger partial charge < -0.3 is 10.5 Å². The third kappa shape index (κ3) is 4.11. The quantitative estimate of drug-likeness (QED) is 0.929. The number of halogens is 1. The lowest BCUT2D eigenvalue weighted by molar-refractivity contribution is 0.115. The van der Waals surface area contributed by atoms with Crippen LogP contribution < -0.4 is 10.5 Å². The summed E-state index contributed by atoms with van der Waals surface area (Å²) in [6, 6.07) is 6.99. The molecule has 2 atom stereocenters. The van der Waals surface area contributed by atoms with Gasteiger partial charge >= 0.3 is 0 Å². The van der Waals surface area contributed by atoms with Crippen LogP contribution in [-0.4, -0.2) is 31.1 Å². The Bertz CT molecular complexity index is 425. The number of rotatable bonds is 4. The van der Waals surface area contributed by atoms with Crippen molar-refractivity contribution < 1.29 is 4.74 Å². The number of benzene rings is 1. The van der Waals surface area contributed by atoms with Gasteiger partial charge in [0.1, 0.15) is 5.75 Å². The van der Waals surface area contributed by atoms with Crippen molar-refractivity contribution in [2.45, 2.75) is 39.3 Å². The van der Waals surface area contributed by atoms with Crippen molar-refractivity contribution in [1.29, 1.82) is 0 Å². The van der Waals surface area contributed by atoms with Crippen molar-refractivity contribution in [3.05, 3.63) is 29.3 Å². The summed E-state index contributed by atoms with van der Waals surface area (Å²) in [4.78, 5) is 2.53. The minimum absolute atomic E-state index is 0. The lowest BCUT2D eigenvalue weighted by Crippen LogP contribution is -2.45. The van der Waals surface area contributed by atoms with Crippen molar-refractivity contribution >= 4 is 12.4 Å². The van der Waals surface area contributed by atoms with Crippen molar-refractivity contribution in [2.24, 2.45) is 11.7 Å². The van der Waals surface area contributed by atoms with E-state index < -0.39 is 0 Å². The molecule has 4 heteroatoms. The minimum Gasteiger partial charge on any atom is -0.496 e. The first-order valence-corrected chi connectivity index (χ1v) is 7.21. The zero-order valence-electron chi connectivity index (χ0n) is 12.8. The fourth-order valence-electron chi connectivity index (χ4n) is 3.03. The SMILES string of the molecule is COc1ccc(CN2CCC(C)CC2CN)cc1C.Cl. The molecular formula is C16H27ClN2O. The molecule has 2 N–H and O–H groups in total. The monoisotopic (exact) mass is 298 g/mol. The second kappa shape index (κ2) is 7.87. The van der Waals surface area contributed by atoms with Crippen LogP contribution in [0.1, 0.15) is 30.9 Å². The van der Waals surface area contributed by atoms with Gasteiger partial charge in [-0.25, -0.2) is 0 Å². The van der Waals surface area contributed by atoms with Crippen LogP contribution in [0.2, 0.25) is 0 Å². The van der Waals surface area contributed by atoms with E-state index in [2.05, 4.69) is 36.9 Å². The van der Waals surface area contributed by atoms with Gasteiger partial charge in [0.15, 0.2) is 0 Å². The molecular weight excluding hydrogens is 272 g/mol. The lowest BCUT2D eigenvalue weighted by Gasteiger charge is -2.38. The first-order valence-electron chi connectivity index (χ1n) is 7.21. The molecule has 0 amide bonds. The van der Waals surface area contributed by atoms with Crippen molar-refractivity contribution in [3.63, 3.8) is 0 Å². The first kappa shape index (κ1) is 17.3. The lowest BCUT2D eigenvalue weighted by atomic mass is 9.92. The van der Waals surface area contributed by atoms with Crippen molar-refractivity contribution in [3.8, 4) is 5.75 Å². The van der Waals surface area contributed by atoms with Crippen LogP contribution in [0.3, 0.4) is 0 Å². The number of methoxy groups -OCH3 is 1. The molecule has 0 aliphatic carbocycles. The number of piperidine rings is 1. The Hall–Kier alpha value is -0.770. The van der Waals surface area contributed by atoms with E-state index >= 15 is 0 Å². The van der Waals surface area contributed by atoms with Crippen molar-refractivity contribution in [2.75, 3.05) is 20.2 Å². The number of ether oxygens (including phenoxy) is 1. The van der Waals surface area contributed by atoms with Gasteiger partial charge in [-0.3, -0.25) is 4.90 Å². The molecule has 3 nitrogen and oxygen atoms in total. The normalized spacial score (nSPS) is 23.2. The Labute approximate surface area is 128 Å². The summed E-state index contributed by atoms with van der Waals surface area (Å²) in [5, 5.41) is 0. The number of aryl methyl sites for hydroxylation is 1. The largest absolute Gasteiger partial charge is 0.496 e. The molecule has 1 aliphatic heterocycles. The molecule has 0 radical (unpaired) electrons. The minimum atomic E-state index is 0. The van der Waals surface area contributed by atoms with Crippen LogP contribution in [0.5, 0.6) is 5.75 Å². The summed E-state index contributed by atoms with van der Waals surface area (Å²) in [7, 11) is 1.72. The predicted molar refractivity (Wildman–Crippen MR) is 86.6 cm³/mol. The molecule has 114 valence electrons. The second-order valence-corrected chi connectivity index (χ2v) is 5.79. The highest BCUT2D eigenvalue weighted by atomic mass is 35.5. The van der Waals surface area contributed by atoms with Gasteiger partial charge in [0.25, 0.3) is 0 Å². The summed E-state index contributed by atoms with van der Waals surface area (Å²) in [6.07, 6.45) is 2.51. The molecule has 0 spiro atoms. The second-order valence-electron chi connectivity index (χ2n) is 5.79. The molecule has 0 aromatic heterocycles. The molecule has 0 saturated carbocycles. The van der Waals surface area contributed by atoms with Gasteiger partial charge in [-0.1, -0.05) is 19.1 Å². The van der Waals surface area contributed by atoms with E-state index in [1.807, 2.05) is 0 Å². The first-order chi connectivity index (χ1) is 9.13. The maximum absolute atomic E-state index is 5.92. The topological polar surface area (TPSA) is 38.5 Å². The Kier molecular flexibility index (Phi) is 6.80. The molecule has 1 fully saturated rings. The average molecular weight is 299 g/mol. The van der Waals surface area contributed by atoms with Gasteiger partial charge in [0.2, 0.25) is 0 Å². The summed E-state index contributed by atoms with van der Waals surface area (Å²) in [5.41, 5.74) is 8.48. The Morgan fingerprint density at radius 3 is 2.75 bits per heavy atom. The van der Waals surface area contributed by atoms with E-state index in [1.165, 1.54) is 24.0 Å². The molecule has 1 heterocycles. The highest BCUT2D eigenvalue weighted by Gasteiger charge is 2.25. The zero-order chi connectivity index (χ0) is 13.8. The van der Waals surface area contributed by atoms with E-state index in [4.69, 9.17) is 10.5 Å². The van der Waals surface area contributed by atoms with Crippen LogP contribution >= 0.6 is 12.4 Å². The maximum Gasteiger partial charge on any atom is 0.121 e. The van der Waals surface area contributed by atoms with Crippen LogP contribution in [0.25, 0.3) is 0 Å². The molecule has 1 aliphatic rings. The smallest absolute Gasteiger partial charge is 0.121 e. The van der Waals surface area contributed by atoms with E-state index in [-0.39, 0.29) is 12.4 Å². The van der Waals surface area contributed by atoms with Gasteiger partial charge in [0.05, 0.1) is 7.11 Å². The van der Waals surface area contributed by atoms with Gasteiger partial charge in [-0.05, 0) is 49.4 Å². The van der Waals surface area contributed by atoms with E-state index in [0.29, 0.717) is 6.04 Å². The van der Waals surface area contributed by atoms with Gasteiger partial charge in [-0.2, -0.15) is 0 Å². The number of nitrogens with zero attached hydrogens (tertiary/aromatic N) is 1. The number of hydrogen-bond acceptors (Lipinski definition) is 3. The summed E-state index contributed by atoms with van der Waals surface area (Å²) < 4.78 is 5.31. The Balaban J connectivity index is 0.00000200. The molecule has 0 bridgehead atoms. The third-order valence-electron chi connectivity index (χ3n) is 4.22. The fraction of sp³-hybridized carbons (Fsp3) is 0.625. The standard InChI is InChI=1S/C16H26N2O.ClH/c1-12-6-7-18(15(8-12)10-17)11-14-4-5-16(19-3)13(2)9-14;/h4-5,9,12,15H,6-8,10-11,17H2,1-3H3;1H. The summed E-state index contributed by atoms with van der Waals surface area (Å²) in [6.45, 7) is 7.35. The maximum atomic E-state index is 5.92. The van der Waals surface area contributed by atoms with E-state index in [0.717, 1.165) is 31.3 Å². The molecule has 2 unspecified atom stereocenters. The van der Waals surface area contributed by atoms with Gasteiger partial charge in [0, 0.05) is 19.1 Å². The van der Waals surface area contributed by atoms with Crippen LogP contribution in [0.4, 0.5) is 0 Å². The van der Waals surface area contributed by atoms with E-state index in [1.54, 1.807) is 7.11 Å². The number of hydrogen-bond donors (Lipinski definition) is 1. The molecule has 1 aromatic carbocycles. The average Bonchev–Trinajstić information content (AvgIpc) is 2.41. The third-order valence-corrected chi connectivity index (χ3v) is 4.22. The summed E-state index contributed by atoms with van der Waals surface area (Å²) >= 11 is 0. The number of likely N-dealkylation sites (tertiary alicyclic amines) is 1. The van der Waals surface area contributed by atoms with Gasteiger partial charge in [-0.15, -0.1) is 12.4 Å². The van der Waals surface area contributed by atoms with E-state index in [9.17, 15) is 0 Å². The number of nitrogens with two attached hydrogens (primary N) is 1. The highest BCUT2D eigenvalue weighted by Crippen LogP contribution is 2.25. The zero-order valence-corrected chi connectivity index (χ0v) is 13.6. The Morgan fingerprint density at radius 1 is 1.40 bits per heavy atom. The molecule has 20 heavy (non-hydrogen) atoms. The fourth-order valence-corrected chi connectivity index (χ4v) is 3.03. The van der Waals surface area contributed by atoms with Crippen LogP contribution in [0.15, 0.2) is 18.2 Å². The predicted octanol–water partition coefficient (Wildman–Crippen LogP) is 2.98. The van der Waals surface area contributed by atoms with Crippen molar-refractivity contribution in [1.82, 2.24) is 4.90 Å². The van der Waals surface area contributed by atoms with Crippen LogP contribution in [0, 0.1) is 12.8 Å². The molecule has 1 saturated heterocycles.